The third-order valence-corrected chi connectivity index (χ3v) is 3.02. The van der Waals surface area contributed by atoms with Crippen LogP contribution in [0.5, 0.6) is 0 Å². The largest absolute Gasteiger partial charge is 0.461 e. The molecule has 0 fully saturated rings. The van der Waals surface area contributed by atoms with Crippen LogP contribution in [0.1, 0.15) is 37.7 Å². The predicted octanol–water partition coefficient (Wildman–Crippen LogP) is 3.47. The van der Waals surface area contributed by atoms with E-state index in [1.165, 1.54) is 6.42 Å². The van der Waals surface area contributed by atoms with E-state index in [-0.39, 0.29) is 5.97 Å². The molecule has 0 saturated heterocycles. The Kier molecular flexibility index (Phi) is 5.25. The molecule has 19 heavy (non-hydrogen) atoms. The van der Waals surface area contributed by atoms with Crippen molar-refractivity contribution in [2.45, 2.75) is 32.1 Å². The molecular formula is C17H18O2. The third kappa shape index (κ3) is 4.63. The van der Waals surface area contributed by atoms with Gasteiger partial charge in [-0.1, -0.05) is 36.1 Å². The summed E-state index contributed by atoms with van der Waals surface area (Å²) < 4.78 is 5.21. The Bertz CT molecular complexity index is 503. The Morgan fingerprint density at radius 1 is 1.21 bits per heavy atom. The lowest BCUT2D eigenvalue weighted by atomic mass is 10.00. The molecule has 1 aromatic rings. The fourth-order valence-corrected chi connectivity index (χ4v) is 2.00. The van der Waals surface area contributed by atoms with E-state index in [0.717, 1.165) is 30.4 Å². The van der Waals surface area contributed by atoms with Gasteiger partial charge in [-0.15, -0.1) is 0 Å². The zero-order valence-corrected chi connectivity index (χ0v) is 11.0. The minimum absolute atomic E-state index is 0.166. The highest BCUT2D eigenvalue weighted by Gasteiger charge is 2.12. The van der Waals surface area contributed by atoms with Gasteiger partial charge in [0.15, 0.2) is 0 Å². The van der Waals surface area contributed by atoms with Crippen LogP contribution in [-0.4, -0.2) is 12.6 Å². The van der Waals surface area contributed by atoms with E-state index in [2.05, 4.69) is 11.8 Å². The molecule has 0 aliphatic heterocycles. The average Bonchev–Trinajstić information content (AvgIpc) is 2.49. The number of ether oxygens (including phenoxy) is 1. The highest BCUT2D eigenvalue weighted by atomic mass is 16.5. The fraction of sp³-hybridized carbons (Fsp3) is 0.353. The highest BCUT2D eigenvalue weighted by molar-refractivity contribution is 5.88. The molecule has 1 aromatic carbocycles. The summed E-state index contributed by atoms with van der Waals surface area (Å²) in [5.41, 5.74) is 1.83. The lowest BCUT2D eigenvalue weighted by Gasteiger charge is -2.11. The molecule has 0 spiro atoms. The van der Waals surface area contributed by atoms with E-state index < -0.39 is 0 Å². The van der Waals surface area contributed by atoms with Crippen molar-refractivity contribution in [3.05, 3.63) is 47.5 Å². The van der Waals surface area contributed by atoms with Gasteiger partial charge in [-0.3, -0.25) is 0 Å². The summed E-state index contributed by atoms with van der Waals surface area (Å²) in [5, 5.41) is 0. The number of benzene rings is 1. The summed E-state index contributed by atoms with van der Waals surface area (Å²) in [6.45, 7) is 0.371. The van der Waals surface area contributed by atoms with Crippen molar-refractivity contribution in [1.29, 1.82) is 0 Å². The van der Waals surface area contributed by atoms with Gasteiger partial charge < -0.3 is 4.74 Å². The molecular weight excluding hydrogens is 236 g/mol. The van der Waals surface area contributed by atoms with E-state index in [9.17, 15) is 4.79 Å². The van der Waals surface area contributed by atoms with Crippen molar-refractivity contribution in [2.75, 3.05) is 6.61 Å². The topological polar surface area (TPSA) is 26.3 Å². The smallest absolute Gasteiger partial charge is 0.333 e. The van der Waals surface area contributed by atoms with Crippen LogP contribution in [-0.2, 0) is 9.53 Å². The molecule has 0 atom stereocenters. The van der Waals surface area contributed by atoms with Crippen molar-refractivity contribution < 1.29 is 9.53 Å². The van der Waals surface area contributed by atoms with Crippen LogP contribution in [0.3, 0.4) is 0 Å². The van der Waals surface area contributed by atoms with Gasteiger partial charge in [-0.25, -0.2) is 4.79 Å². The molecule has 1 aliphatic carbocycles. The van der Waals surface area contributed by atoms with Crippen LogP contribution in [0.4, 0.5) is 0 Å². The standard InChI is InChI=1S/C17H18O2/c18-17(16-12-5-2-6-13-16)19-14-8-7-11-15-9-3-1-4-10-15/h1,3-4,9-10,12H,2,5-6,8,13-14H2. The predicted molar refractivity (Wildman–Crippen MR) is 75.4 cm³/mol. The van der Waals surface area contributed by atoms with E-state index in [1.54, 1.807) is 0 Å². The van der Waals surface area contributed by atoms with Gasteiger partial charge in [0.1, 0.15) is 6.61 Å². The number of carbonyl (C=O) groups excluding carboxylic acids is 1. The number of hydrogen-bond donors (Lipinski definition) is 0. The van der Waals surface area contributed by atoms with Gasteiger partial charge in [0.25, 0.3) is 0 Å². The molecule has 2 rings (SSSR count). The van der Waals surface area contributed by atoms with Crippen LogP contribution >= 0.6 is 0 Å². The van der Waals surface area contributed by atoms with Crippen molar-refractivity contribution in [3.63, 3.8) is 0 Å². The normalized spacial score (nSPS) is 14.0. The molecule has 2 heteroatoms. The number of esters is 1. The molecule has 2 nitrogen and oxygen atoms in total. The van der Waals surface area contributed by atoms with Crippen LogP contribution in [0.15, 0.2) is 42.0 Å². The van der Waals surface area contributed by atoms with Crippen LogP contribution in [0, 0.1) is 11.8 Å². The number of rotatable bonds is 3. The molecule has 0 aromatic heterocycles. The highest BCUT2D eigenvalue weighted by Crippen LogP contribution is 2.18. The molecule has 98 valence electrons. The quantitative estimate of drug-likeness (QED) is 0.469. The Morgan fingerprint density at radius 2 is 2.05 bits per heavy atom. The Balaban J connectivity index is 1.71. The summed E-state index contributed by atoms with van der Waals surface area (Å²) >= 11 is 0. The van der Waals surface area contributed by atoms with Crippen LogP contribution < -0.4 is 0 Å². The van der Waals surface area contributed by atoms with Gasteiger partial charge in [0.05, 0.1) is 0 Å². The summed E-state index contributed by atoms with van der Waals surface area (Å²) in [6.07, 6.45) is 6.70. The average molecular weight is 254 g/mol. The minimum atomic E-state index is -0.166. The maximum atomic E-state index is 11.7. The molecule has 0 radical (unpaired) electrons. The van der Waals surface area contributed by atoms with Crippen molar-refractivity contribution in [2.24, 2.45) is 0 Å². The lowest BCUT2D eigenvalue weighted by molar-refractivity contribution is -0.139. The molecule has 0 bridgehead atoms. The minimum Gasteiger partial charge on any atom is -0.461 e. The zero-order valence-electron chi connectivity index (χ0n) is 11.0. The monoisotopic (exact) mass is 254 g/mol. The van der Waals surface area contributed by atoms with E-state index in [1.807, 2.05) is 36.4 Å². The maximum absolute atomic E-state index is 11.7. The Morgan fingerprint density at radius 3 is 2.79 bits per heavy atom. The molecule has 0 unspecified atom stereocenters. The maximum Gasteiger partial charge on any atom is 0.333 e. The van der Waals surface area contributed by atoms with E-state index >= 15 is 0 Å². The first kappa shape index (κ1) is 13.4. The van der Waals surface area contributed by atoms with Gasteiger partial charge in [0.2, 0.25) is 0 Å². The van der Waals surface area contributed by atoms with Gasteiger partial charge in [0, 0.05) is 17.6 Å². The van der Waals surface area contributed by atoms with E-state index in [4.69, 9.17) is 4.74 Å². The van der Waals surface area contributed by atoms with Gasteiger partial charge >= 0.3 is 5.97 Å². The first-order valence-electron chi connectivity index (χ1n) is 6.76. The molecule has 0 heterocycles. The number of carbonyl (C=O) groups is 1. The Labute approximate surface area is 114 Å². The lowest BCUT2D eigenvalue weighted by Crippen LogP contribution is -2.10. The Hall–Kier alpha value is -2.01. The first-order chi connectivity index (χ1) is 9.36. The van der Waals surface area contributed by atoms with Gasteiger partial charge in [-0.05, 0) is 37.8 Å². The fourth-order valence-electron chi connectivity index (χ4n) is 2.00. The second-order valence-electron chi connectivity index (χ2n) is 4.53. The van der Waals surface area contributed by atoms with Crippen molar-refractivity contribution in [1.82, 2.24) is 0 Å². The molecule has 1 aliphatic rings. The van der Waals surface area contributed by atoms with Gasteiger partial charge in [-0.2, -0.15) is 0 Å². The third-order valence-electron chi connectivity index (χ3n) is 3.02. The summed E-state index contributed by atoms with van der Waals surface area (Å²) in [7, 11) is 0. The molecule has 0 amide bonds. The van der Waals surface area contributed by atoms with Crippen LogP contribution in [0.2, 0.25) is 0 Å². The zero-order chi connectivity index (χ0) is 13.3. The second kappa shape index (κ2) is 7.43. The van der Waals surface area contributed by atoms with Crippen molar-refractivity contribution in [3.8, 4) is 11.8 Å². The van der Waals surface area contributed by atoms with E-state index in [0.29, 0.717) is 13.0 Å². The second-order valence-corrected chi connectivity index (χ2v) is 4.53. The number of hydrogen-bond acceptors (Lipinski definition) is 2. The summed E-state index contributed by atoms with van der Waals surface area (Å²) in [4.78, 5) is 11.7. The molecule has 0 saturated carbocycles. The first-order valence-corrected chi connectivity index (χ1v) is 6.76. The van der Waals surface area contributed by atoms with Crippen molar-refractivity contribution >= 4 is 5.97 Å². The summed E-state index contributed by atoms with van der Waals surface area (Å²) in [5.74, 6) is 5.89. The number of allylic oxidation sites excluding steroid dienone is 1. The van der Waals surface area contributed by atoms with Crippen LogP contribution in [0.25, 0.3) is 0 Å². The summed E-state index contributed by atoms with van der Waals surface area (Å²) in [6, 6.07) is 9.81. The SMILES string of the molecule is O=C(OCCC#Cc1ccccc1)C1=CCCCC1. The molecule has 0 N–H and O–H groups in total.